The topological polar surface area (TPSA) is 68.6 Å². The van der Waals surface area contributed by atoms with Gasteiger partial charge in [-0.15, -0.1) is 0 Å². The number of benzene rings is 2. The van der Waals surface area contributed by atoms with Crippen molar-refractivity contribution in [2.75, 3.05) is 0 Å². The van der Waals surface area contributed by atoms with Crippen molar-refractivity contribution < 1.29 is 9.34 Å². The van der Waals surface area contributed by atoms with E-state index >= 15 is 0 Å². The number of furan rings is 1. The maximum atomic E-state index is 10.9. The van der Waals surface area contributed by atoms with Gasteiger partial charge in [-0.1, -0.05) is 41.1 Å². The molecule has 0 radical (unpaired) electrons. The van der Waals surface area contributed by atoms with Crippen LogP contribution in [0.25, 0.3) is 0 Å². The summed E-state index contributed by atoms with van der Waals surface area (Å²) in [5, 5.41) is 11.7. The summed E-state index contributed by atoms with van der Waals surface area (Å²) < 4.78 is 6.59. The molecule has 0 bridgehead atoms. The summed E-state index contributed by atoms with van der Waals surface area (Å²) in [4.78, 5) is 15.7. The van der Waals surface area contributed by atoms with E-state index in [1.807, 2.05) is 31.2 Å². The summed E-state index contributed by atoms with van der Waals surface area (Å²) in [5.41, 5.74) is 1.43. The SMILES string of the molecule is Cc1ccc(Sc2oc(C=Nc3ccc(Cl)c([N+](=O)[O-])c3)cc2Br)cc1. The number of nitrogens with zero attached hydrogens (tertiary/aromatic N) is 2. The fraction of sp³-hybridized carbons (Fsp3) is 0.0556. The second-order valence-corrected chi connectivity index (χ2v) is 7.66. The maximum absolute atomic E-state index is 10.9. The third kappa shape index (κ3) is 4.55. The summed E-state index contributed by atoms with van der Waals surface area (Å²) in [6.07, 6.45) is 1.51. The lowest BCUT2D eigenvalue weighted by Gasteiger charge is -1.99. The smallest absolute Gasteiger partial charge is 0.290 e. The van der Waals surface area contributed by atoms with Gasteiger partial charge >= 0.3 is 0 Å². The molecule has 0 aliphatic rings. The standard InChI is InChI=1S/C18H12BrClN2O3S/c1-11-2-5-14(6-3-11)26-18-15(19)9-13(25-18)10-21-12-4-7-16(20)17(8-12)22(23)24/h2-10H,1H3. The second-order valence-electron chi connectivity index (χ2n) is 5.35. The van der Waals surface area contributed by atoms with Crippen LogP contribution in [-0.4, -0.2) is 11.1 Å². The molecule has 8 heteroatoms. The number of rotatable bonds is 5. The molecule has 0 saturated carbocycles. The number of halogens is 2. The second kappa shape index (κ2) is 8.07. The van der Waals surface area contributed by atoms with Gasteiger partial charge in [0.05, 0.1) is 21.3 Å². The summed E-state index contributed by atoms with van der Waals surface area (Å²) in [5.74, 6) is 0.532. The molecule has 0 N–H and O–H groups in total. The molecule has 0 unspecified atom stereocenters. The predicted molar refractivity (Wildman–Crippen MR) is 107 cm³/mol. The third-order valence-corrected chi connectivity index (χ3v) is 5.54. The van der Waals surface area contributed by atoms with E-state index in [9.17, 15) is 10.1 Å². The predicted octanol–water partition coefficient (Wildman–Crippen LogP) is 6.81. The number of nitro benzene ring substituents is 1. The zero-order valence-electron chi connectivity index (χ0n) is 13.5. The van der Waals surface area contributed by atoms with Gasteiger partial charge in [-0.3, -0.25) is 15.1 Å². The molecule has 0 aliphatic carbocycles. The molecule has 0 saturated heterocycles. The molecule has 1 heterocycles. The Bertz CT molecular complexity index is 987. The Balaban J connectivity index is 1.78. The maximum Gasteiger partial charge on any atom is 0.290 e. The van der Waals surface area contributed by atoms with Gasteiger partial charge in [0.25, 0.3) is 5.69 Å². The van der Waals surface area contributed by atoms with Gasteiger partial charge < -0.3 is 4.42 Å². The Kier molecular flexibility index (Phi) is 5.80. The Morgan fingerprint density at radius 3 is 2.65 bits per heavy atom. The lowest BCUT2D eigenvalue weighted by atomic mass is 10.2. The fourth-order valence-corrected chi connectivity index (χ4v) is 3.59. The molecule has 132 valence electrons. The monoisotopic (exact) mass is 450 g/mol. The van der Waals surface area contributed by atoms with Crippen molar-refractivity contribution in [1.82, 2.24) is 0 Å². The van der Waals surface area contributed by atoms with E-state index in [0.29, 0.717) is 16.5 Å². The van der Waals surface area contributed by atoms with Crippen LogP contribution in [0.15, 0.2) is 72.4 Å². The van der Waals surface area contributed by atoms with Crippen LogP contribution in [0.4, 0.5) is 11.4 Å². The quantitative estimate of drug-likeness (QED) is 0.243. The molecule has 3 rings (SSSR count). The van der Waals surface area contributed by atoms with E-state index in [4.69, 9.17) is 16.0 Å². The summed E-state index contributed by atoms with van der Waals surface area (Å²) in [6, 6.07) is 14.3. The minimum absolute atomic E-state index is 0.0754. The zero-order chi connectivity index (χ0) is 18.7. The normalized spacial score (nSPS) is 11.2. The first-order chi connectivity index (χ1) is 12.4. The molecule has 5 nitrogen and oxygen atoms in total. The minimum Gasteiger partial charge on any atom is -0.447 e. The number of hydrogen-bond acceptors (Lipinski definition) is 5. The van der Waals surface area contributed by atoms with E-state index in [0.717, 1.165) is 9.37 Å². The molecule has 0 aliphatic heterocycles. The lowest BCUT2D eigenvalue weighted by Crippen LogP contribution is -1.88. The zero-order valence-corrected chi connectivity index (χ0v) is 16.6. The van der Waals surface area contributed by atoms with E-state index in [1.165, 1.54) is 35.7 Å². The first-order valence-electron chi connectivity index (χ1n) is 7.44. The van der Waals surface area contributed by atoms with Crippen molar-refractivity contribution >= 4 is 56.9 Å². The molecule has 26 heavy (non-hydrogen) atoms. The third-order valence-electron chi connectivity index (χ3n) is 3.37. The van der Waals surface area contributed by atoms with Crippen LogP contribution in [0.5, 0.6) is 0 Å². The van der Waals surface area contributed by atoms with Crippen LogP contribution in [0, 0.1) is 17.0 Å². The van der Waals surface area contributed by atoms with Crippen LogP contribution in [0.1, 0.15) is 11.3 Å². The Morgan fingerprint density at radius 2 is 1.96 bits per heavy atom. The van der Waals surface area contributed by atoms with Crippen molar-refractivity contribution in [3.05, 3.63) is 79.5 Å². The number of hydrogen-bond donors (Lipinski definition) is 0. The Labute approximate surface area is 167 Å². The van der Waals surface area contributed by atoms with Crippen molar-refractivity contribution in [2.45, 2.75) is 16.9 Å². The summed E-state index contributed by atoms with van der Waals surface area (Å²) >= 11 is 10.8. The lowest BCUT2D eigenvalue weighted by molar-refractivity contribution is -0.384. The van der Waals surface area contributed by atoms with Crippen molar-refractivity contribution in [2.24, 2.45) is 4.99 Å². The highest BCUT2D eigenvalue weighted by Gasteiger charge is 2.13. The molecule has 3 aromatic rings. The summed E-state index contributed by atoms with van der Waals surface area (Å²) in [6.45, 7) is 2.03. The van der Waals surface area contributed by atoms with Gasteiger partial charge in [-0.2, -0.15) is 0 Å². The first kappa shape index (κ1) is 18.7. The van der Waals surface area contributed by atoms with E-state index in [1.54, 1.807) is 12.1 Å². The van der Waals surface area contributed by atoms with Crippen molar-refractivity contribution in [1.29, 1.82) is 0 Å². The Morgan fingerprint density at radius 1 is 1.23 bits per heavy atom. The van der Waals surface area contributed by atoms with Gasteiger partial charge in [0, 0.05) is 17.0 Å². The van der Waals surface area contributed by atoms with Crippen molar-refractivity contribution in [3.63, 3.8) is 0 Å². The molecule has 2 aromatic carbocycles. The molecule has 0 amide bonds. The highest BCUT2D eigenvalue weighted by atomic mass is 79.9. The van der Waals surface area contributed by atoms with Crippen LogP contribution < -0.4 is 0 Å². The van der Waals surface area contributed by atoms with Gasteiger partial charge in [0.2, 0.25) is 0 Å². The van der Waals surface area contributed by atoms with Gasteiger partial charge in [0.1, 0.15) is 10.8 Å². The molecular formula is C18H12BrClN2O3S. The van der Waals surface area contributed by atoms with Gasteiger partial charge in [-0.25, -0.2) is 0 Å². The first-order valence-corrected chi connectivity index (χ1v) is 9.43. The number of aryl methyl sites for hydroxylation is 1. The number of nitro groups is 1. The van der Waals surface area contributed by atoms with E-state index in [-0.39, 0.29) is 10.7 Å². The highest BCUT2D eigenvalue weighted by molar-refractivity contribution is 9.10. The minimum atomic E-state index is -0.541. The van der Waals surface area contributed by atoms with Crippen LogP contribution in [0.3, 0.4) is 0 Å². The number of aliphatic imine (C=N–C) groups is 1. The molecular weight excluding hydrogens is 440 g/mol. The molecule has 0 fully saturated rings. The largest absolute Gasteiger partial charge is 0.447 e. The van der Waals surface area contributed by atoms with Gasteiger partial charge in [-0.05, 0) is 47.1 Å². The molecule has 0 atom stereocenters. The van der Waals surface area contributed by atoms with Crippen LogP contribution >= 0.6 is 39.3 Å². The fourth-order valence-electron chi connectivity index (χ4n) is 2.08. The average Bonchev–Trinajstić information content (AvgIpc) is 2.95. The van der Waals surface area contributed by atoms with Crippen LogP contribution in [0.2, 0.25) is 5.02 Å². The van der Waals surface area contributed by atoms with E-state index < -0.39 is 4.92 Å². The van der Waals surface area contributed by atoms with Crippen LogP contribution in [-0.2, 0) is 0 Å². The molecule has 0 spiro atoms. The average molecular weight is 452 g/mol. The Hall–Kier alpha value is -2.09. The highest BCUT2D eigenvalue weighted by Crippen LogP contribution is 2.36. The van der Waals surface area contributed by atoms with E-state index in [2.05, 4.69) is 20.9 Å². The summed E-state index contributed by atoms with van der Waals surface area (Å²) in [7, 11) is 0. The van der Waals surface area contributed by atoms with Crippen molar-refractivity contribution in [3.8, 4) is 0 Å². The van der Waals surface area contributed by atoms with Gasteiger partial charge in [0.15, 0.2) is 5.09 Å². The molecule has 1 aromatic heterocycles.